The standard InChI is InChI=1S/C20H21N3O4S/c24-23(25)19-10-8-18(9-11-19)21-13-3-4-14-22-28(26,27)20-12-7-16-5-1-2-6-17(16)15-20/h1-2,5-12,15,21-22H,3-4,13-14H2. The van der Waals surface area contributed by atoms with E-state index in [1.807, 2.05) is 24.3 Å². The minimum Gasteiger partial charge on any atom is -0.385 e. The van der Waals surface area contributed by atoms with Gasteiger partial charge in [-0.25, -0.2) is 13.1 Å². The second-order valence-corrected chi connectivity index (χ2v) is 8.11. The van der Waals surface area contributed by atoms with E-state index in [4.69, 9.17) is 0 Å². The summed E-state index contributed by atoms with van der Waals surface area (Å²) in [5, 5.41) is 15.7. The van der Waals surface area contributed by atoms with Crippen LogP contribution in [0.1, 0.15) is 12.8 Å². The molecule has 0 aromatic heterocycles. The van der Waals surface area contributed by atoms with Crippen LogP contribution in [-0.4, -0.2) is 26.4 Å². The van der Waals surface area contributed by atoms with Crippen LogP contribution in [0.25, 0.3) is 10.8 Å². The van der Waals surface area contributed by atoms with E-state index in [-0.39, 0.29) is 10.6 Å². The average Bonchev–Trinajstić information content (AvgIpc) is 2.70. The largest absolute Gasteiger partial charge is 0.385 e. The molecule has 0 aliphatic rings. The molecule has 0 fully saturated rings. The smallest absolute Gasteiger partial charge is 0.269 e. The third kappa shape index (κ3) is 5.05. The summed E-state index contributed by atoms with van der Waals surface area (Å²) in [4.78, 5) is 10.4. The van der Waals surface area contributed by atoms with Crippen molar-refractivity contribution in [3.8, 4) is 0 Å². The number of hydrogen-bond acceptors (Lipinski definition) is 5. The van der Waals surface area contributed by atoms with E-state index < -0.39 is 14.9 Å². The Morgan fingerprint density at radius 3 is 2.25 bits per heavy atom. The van der Waals surface area contributed by atoms with E-state index in [0.717, 1.165) is 22.9 Å². The van der Waals surface area contributed by atoms with Gasteiger partial charge in [0.1, 0.15) is 0 Å². The number of non-ortho nitro benzene ring substituents is 1. The molecular weight excluding hydrogens is 378 g/mol. The van der Waals surface area contributed by atoms with Crippen molar-refractivity contribution in [2.45, 2.75) is 17.7 Å². The first kappa shape index (κ1) is 19.8. The van der Waals surface area contributed by atoms with Gasteiger partial charge >= 0.3 is 0 Å². The Hall–Kier alpha value is -2.97. The Balaban J connectivity index is 1.44. The molecule has 0 saturated heterocycles. The van der Waals surface area contributed by atoms with Gasteiger partial charge in [-0.2, -0.15) is 0 Å². The fourth-order valence-electron chi connectivity index (χ4n) is 2.81. The Morgan fingerprint density at radius 1 is 0.857 bits per heavy atom. The van der Waals surface area contributed by atoms with Crippen molar-refractivity contribution in [2.24, 2.45) is 0 Å². The van der Waals surface area contributed by atoms with Gasteiger partial charge in [0.15, 0.2) is 0 Å². The predicted octanol–water partition coefficient (Wildman–Crippen LogP) is 3.92. The van der Waals surface area contributed by atoms with Crippen LogP contribution >= 0.6 is 0 Å². The monoisotopic (exact) mass is 399 g/mol. The van der Waals surface area contributed by atoms with Gasteiger partial charge in [-0.15, -0.1) is 0 Å². The maximum atomic E-state index is 12.4. The van der Waals surface area contributed by atoms with E-state index in [1.54, 1.807) is 30.3 Å². The predicted molar refractivity (Wildman–Crippen MR) is 110 cm³/mol. The Kier molecular flexibility index (Phi) is 6.23. The van der Waals surface area contributed by atoms with Gasteiger partial charge in [-0.3, -0.25) is 10.1 Å². The molecule has 146 valence electrons. The maximum absolute atomic E-state index is 12.4. The van der Waals surface area contributed by atoms with Crippen LogP contribution in [-0.2, 0) is 10.0 Å². The van der Waals surface area contributed by atoms with Crippen LogP contribution in [0.3, 0.4) is 0 Å². The minimum absolute atomic E-state index is 0.0497. The van der Waals surface area contributed by atoms with Crippen molar-refractivity contribution in [2.75, 3.05) is 18.4 Å². The first-order valence-corrected chi connectivity index (χ1v) is 10.4. The zero-order valence-electron chi connectivity index (χ0n) is 15.2. The molecule has 2 N–H and O–H groups in total. The normalized spacial score (nSPS) is 11.4. The fourth-order valence-corrected chi connectivity index (χ4v) is 3.92. The molecule has 0 spiro atoms. The second kappa shape index (κ2) is 8.81. The Morgan fingerprint density at radius 2 is 1.54 bits per heavy atom. The number of unbranched alkanes of at least 4 members (excludes halogenated alkanes) is 1. The lowest BCUT2D eigenvalue weighted by Crippen LogP contribution is -2.25. The van der Waals surface area contributed by atoms with Crippen molar-refractivity contribution in [3.63, 3.8) is 0 Å². The summed E-state index contributed by atoms with van der Waals surface area (Å²) in [7, 11) is -3.54. The molecule has 3 aromatic rings. The third-order valence-electron chi connectivity index (χ3n) is 4.33. The number of nitrogens with one attached hydrogen (secondary N) is 2. The molecule has 7 nitrogen and oxygen atoms in total. The molecule has 0 heterocycles. The molecule has 0 radical (unpaired) electrons. The average molecular weight is 399 g/mol. The molecule has 0 aliphatic carbocycles. The molecule has 8 heteroatoms. The third-order valence-corrected chi connectivity index (χ3v) is 5.79. The zero-order valence-corrected chi connectivity index (χ0v) is 16.0. The first-order chi connectivity index (χ1) is 13.5. The van der Waals surface area contributed by atoms with Crippen molar-refractivity contribution in [1.82, 2.24) is 4.72 Å². The van der Waals surface area contributed by atoms with E-state index in [0.29, 0.717) is 19.5 Å². The van der Waals surface area contributed by atoms with Gasteiger partial charge < -0.3 is 5.32 Å². The minimum atomic E-state index is -3.54. The quantitative estimate of drug-likeness (QED) is 0.323. The van der Waals surface area contributed by atoms with E-state index in [9.17, 15) is 18.5 Å². The van der Waals surface area contributed by atoms with Crippen LogP contribution in [0.5, 0.6) is 0 Å². The summed E-state index contributed by atoms with van der Waals surface area (Å²) in [5.41, 5.74) is 0.844. The number of nitrogens with zero attached hydrogens (tertiary/aromatic N) is 1. The van der Waals surface area contributed by atoms with Crippen LogP contribution in [0.2, 0.25) is 0 Å². The highest BCUT2D eigenvalue weighted by Crippen LogP contribution is 2.19. The van der Waals surface area contributed by atoms with E-state index in [2.05, 4.69) is 10.0 Å². The topological polar surface area (TPSA) is 101 Å². The summed E-state index contributed by atoms with van der Waals surface area (Å²) in [6.07, 6.45) is 1.43. The van der Waals surface area contributed by atoms with Crippen LogP contribution in [0.4, 0.5) is 11.4 Å². The molecule has 0 atom stereocenters. The number of fused-ring (bicyclic) bond motifs is 1. The highest BCUT2D eigenvalue weighted by Gasteiger charge is 2.13. The van der Waals surface area contributed by atoms with Crippen molar-refractivity contribution in [3.05, 3.63) is 76.8 Å². The van der Waals surface area contributed by atoms with Crippen molar-refractivity contribution < 1.29 is 13.3 Å². The van der Waals surface area contributed by atoms with E-state index in [1.165, 1.54) is 12.1 Å². The highest BCUT2D eigenvalue weighted by molar-refractivity contribution is 7.89. The molecule has 3 rings (SSSR count). The molecule has 28 heavy (non-hydrogen) atoms. The van der Waals surface area contributed by atoms with Crippen LogP contribution in [0, 0.1) is 10.1 Å². The number of nitro benzene ring substituents is 1. The lowest BCUT2D eigenvalue weighted by Gasteiger charge is -2.09. The number of nitro groups is 1. The molecule has 0 bridgehead atoms. The molecule has 0 saturated carbocycles. The molecular formula is C20H21N3O4S. The van der Waals surface area contributed by atoms with Crippen LogP contribution < -0.4 is 10.0 Å². The van der Waals surface area contributed by atoms with Gasteiger partial charge in [0, 0.05) is 30.9 Å². The maximum Gasteiger partial charge on any atom is 0.269 e. The van der Waals surface area contributed by atoms with E-state index >= 15 is 0 Å². The molecule has 0 amide bonds. The lowest BCUT2D eigenvalue weighted by atomic mass is 10.1. The lowest BCUT2D eigenvalue weighted by molar-refractivity contribution is -0.384. The molecule has 0 unspecified atom stereocenters. The molecule has 3 aromatic carbocycles. The summed E-state index contributed by atoms with van der Waals surface area (Å²) in [6.45, 7) is 0.993. The second-order valence-electron chi connectivity index (χ2n) is 6.34. The summed E-state index contributed by atoms with van der Waals surface area (Å²) >= 11 is 0. The fraction of sp³-hybridized carbons (Fsp3) is 0.200. The summed E-state index contributed by atoms with van der Waals surface area (Å²) in [6, 6.07) is 18.9. The number of benzene rings is 3. The number of sulfonamides is 1. The zero-order chi connectivity index (χ0) is 20.0. The highest BCUT2D eigenvalue weighted by atomic mass is 32.2. The van der Waals surface area contributed by atoms with Gasteiger partial charge in [0.25, 0.3) is 5.69 Å². The SMILES string of the molecule is O=[N+]([O-])c1ccc(NCCCCNS(=O)(=O)c2ccc3ccccc3c2)cc1. The number of rotatable bonds is 9. The number of hydrogen-bond donors (Lipinski definition) is 2. The Bertz CT molecular complexity index is 1070. The van der Waals surface area contributed by atoms with Gasteiger partial charge in [-0.1, -0.05) is 30.3 Å². The van der Waals surface area contributed by atoms with Gasteiger partial charge in [0.05, 0.1) is 9.82 Å². The number of anilines is 1. The first-order valence-electron chi connectivity index (χ1n) is 8.92. The van der Waals surface area contributed by atoms with Crippen molar-refractivity contribution >= 4 is 32.2 Å². The molecule has 0 aliphatic heterocycles. The van der Waals surface area contributed by atoms with Crippen molar-refractivity contribution in [1.29, 1.82) is 0 Å². The van der Waals surface area contributed by atoms with Gasteiger partial charge in [-0.05, 0) is 47.9 Å². The van der Waals surface area contributed by atoms with Gasteiger partial charge in [0.2, 0.25) is 10.0 Å². The Labute approximate surface area is 163 Å². The van der Waals surface area contributed by atoms with Crippen LogP contribution in [0.15, 0.2) is 71.6 Å². The summed E-state index contributed by atoms with van der Waals surface area (Å²) in [5.74, 6) is 0. The summed E-state index contributed by atoms with van der Waals surface area (Å²) < 4.78 is 27.5.